The van der Waals surface area contributed by atoms with E-state index in [-0.39, 0.29) is 17.9 Å². The number of hydrogen-bond donors (Lipinski definition) is 1. The fourth-order valence-electron chi connectivity index (χ4n) is 8.87. The van der Waals surface area contributed by atoms with Gasteiger partial charge >= 0.3 is 0 Å². The summed E-state index contributed by atoms with van der Waals surface area (Å²) in [6, 6.07) is 24.7. The molecule has 250 valence electrons. The maximum Gasteiger partial charge on any atom is 0.244 e. The highest BCUT2D eigenvalue weighted by atomic mass is 32.2. The number of carbonyl (C=O) groups is 2. The Morgan fingerprint density at radius 1 is 0.851 bits per heavy atom. The molecule has 3 aromatic carbocycles. The zero-order valence-corrected chi connectivity index (χ0v) is 28.8. The van der Waals surface area contributed by atoms with Gasteiger partial charge in [0.1, 0.15) is 12.6 Å². The van der Waals surface area contributed by atoms with Crippen LogP contribution in [0.5, 0.6) is 0 Å². The van der Waals surface area contributed by atoms with Crippen molar-refractivity contribution in [3.05, 3.63) is 101 Å². The van der Waals surface area contributed by atoms with Crippen molar-refractivity contribution in [2.45, 2.75) is 83.2 Å². The number of nitrogens with one attached hydrogen (secondary N) is 1. The summed E-state index contributed by atoms with van der Waals surface area (Å²) in [6.45, 7) is 4.26. The van der Waals surface area contributed by atoms with Crippen LogP contribution < -0.4 is 9.62 Å². The quantitative estimate of drug-likeness (QED) is 0.231. The first-order valence-electron chi connectivity index (χ1n) is 17.3. The van der Waals surface area contributed by atoms with Gasteiger partial charge < -0.3 is 10.2 Å². The fraction of sp³-hybridized carbons (Fsp3) is 0.487. The minimum Gasteiger partial charge on any atom is -0.354 e. The van der Waals surface area contributed by atoms with Crippen molar-refractivity contribution < 1.29 is 18.0 Å². The van der Waals surface area contributed by atoms with Crippen molar-refractivity contribution in [1.29, 1.82) is 0 Å². The minimum absolute atomic E-state index is 0.179. The molecule has 0 spiro atoms. The van der Waals surface area contributed by atoms with Crippen LogP contribution in [0.2, 0.25) is 0 Å². The molecule has 4 aliphatic rings. The van der Waals surface area contributed by atoms with Crippen LogP contribution in [0, 0.1) is 24.7 Å². The first kappa shape index (κ1) is 33.3. The van der Waals surface area contributed by atoms with E-state index in [4.69, 9.17) is 0 Å². The molecule has 2 amide bonds. The average Bonchev–Trinajstić information content (AvgIpc) is 3.04. The maximum atomic E-state index is 14.4. The molecule has 4 bridgehead atoms. The van der Waals surface area contributed by atoms with Crippen molar-refractivity contribution in [1.82, 2.24) is 10.2 Å². The van der Waals surface area contributed by atoms with Crippen LogP contribution in [0.25, 0.3) is 0 Å². The number of rotatable bonds is 13. The molecule has 4 aliphatic carbocycles. The monoisotopic (exact) mass is 655 g/mol. The van der Waals surface area contributed by atoms with Crippen LogP contribution in [0.3, 0.4) is 0 Å². The second-order valence-electron chi connectivity index (χ2n) is 14.5. The maximum absolute atomic E-state index is 14.4. The number of anilines is 1. The predicted octanol–water partition coefficient (Wildman–Crippen LogP) is 6.40. The largest absolute Gasteiger partial charge is 0.354 e. The number of benzene rings is 3. The second-order valence-corrected chi connectivity index (χ2v) is 16.4. The molecule has 3 aromatic rings. The molecule has 1 atom stereocenters. The molecule has 7 nitrogen and oxygen atoms in total. The Morgan fingerprint density at radius 3 is 2.00 bits per heavy atom. The normalized spacial score (nSPS) is 23.7. The molecule has 8 heteroatoms. The van der Waals surface area contributed by atoms with Gasteiger partial charge in [-0.3, -0.25) is 13.9 Å². The van der Waals surface area contributed by atoms with Gasteiger partial charge in [-0.05, 0) is 104 Å². The molecule has 7 rings (SSSR count). The van der Waals surface area contributed by atoms with E-state index < -0.39 is 28.5 Å². The molecule has 0 aliphatic heterocycles. The second kappa shape index (κ2) is 13.8. The summed E-state index contributed by atoms with van der Waals surface area (Å²) in [6.07, 6.45) is 9.99. The van der Waals surface area contributed by atoms with Gasteiger partial charge in [0.25, 0.3) is 0 Å². The lowest BCUT2D eigenvalue weighted by molar-refractivity contribution is -0.140. The molecule has 1 unspecified atom stereocenters. The SMILES string of the molecule is CCCNC(=O)C(Cc1ccccc1)N(Cc1ccc(C)cc1)C(=O)CN(c1ccc(C23CC4CC(CC(C4)C2)C3)cc1)S(C)(=O)=O. The third-order valence-electron chi connectivity index (χ3n) is 10.8. The zero-order valence-electron chi connectivity index (χ0n) is 28.0. The van der Waals surface area contributed by atoms with E-state index in [9.17, 15) is 18.0 Å². The van der Waals surface area contributed by atoms with Crippen LogP contribution in [-0.4, -0.2) is 50.5 Å². The Bertz CT molecular complexity index is 1620. The highest BCUT2D eigenvalue weighted by Gasteiger charge is 2.51. The van der Waals surface area contributed by atoms with E-state index in [2.05, 4.69) is 17.4 Å². The number of sulfonamides is 1. The van der Waals surface area contributed by atoms with E-state index in [1.165, 1.54) is 48.4 Å². The van der Waals surface area contributed by atoms with Crippen LogP contribution in [0.4, 0.5) is 5.69 Å². The van der Waals surface area contributed by atoms with Gasteiger partial charge in [0, 0.05) is 19.5 Å². The Balaban J connectivity index is 1.29. The molecule has 0 saturated heterocycles. The van der Waals surface area contributed by atoms with Crippen LogP contribution in [-0.2, 0) is 38.0 Å². The molecule has 0 heterocycles. The number of aryl methyl sites for hydroxylation is 1. The first-order valence-corrected chi connectivity index (χ1v) is 19.1. The van der Waals surface area contributed by atoms with E-state index in [1.807, 2.05) is 80.6 Å². The van der Waals surface area contributed by atoms with Crippen molar-refractivity contribution in [3.63, 3.8) is 0 Å². The van der Waals surface area contributed by atoms with Gasteiger partial charge in [-0.25, -0.2) is 8.42 Å². The molecule has 4 saturated carbocycles. The van der Waals surface area contributed by atoms with E-state index >= 15 is 0 Å². The summed E-state index contributed by atoms with van der Waals surface area (Å²) >= 11 is 0. The van der Waals surface area contributed by atoms with Gasteiger partial charge in [0.05, 0.1) is 11.9 Å². The number of hydrogen-bond acceptors (Lipinski definition) is 4. The standard InChI is InChI=1S/C39H49N3O4S/c1-4-18-40-38(44)36(22-29-8-6-5-7-9-29)41(26-30-12-10-28(2)11-13-30)37(43)27-42(47(3,45)46)35-16-14-34(15-17-35)39-23-31-19-32(24-39)21-33(20-31)25-39/h5-17,31-33,36H,4,18-27H2,1-3H3,(H,40,44). The zero-order chi connectivity index (χ0) is 33.2. The summed E-state index contributed by atoms with van der Waals surface area (Å²) in [7, 11) is -3.82. The van der Waals surface area contributed by atoms with Gasteiger partial charge in [-0.15, -0.1) is 0 Å². The highest BCUT2D eigenvalue weighted by Crippen LogP contribution is 2.60. The Hall–Kier alpha value is -3.65. The average molecular weight is 656 g/mol. The third kappa shape index (κ3) is 7.58. The van der Waals surface area contributed by atoms with Gasteiger partial charge in [0.2, 0.25) is 21.8 Å². The lowest BCUT2D eigenvalue weighted by atomic mass is 9.48. The summed E-state index contributed by atoms with van der Waals surface area (Å²) in [5.41, 5.74) is 4.85. The van der Waals surface area contributed by atoms with Crippen molar-refractivity contribution in [3.8, 4) is 0 Å². The summed E-state index contributed by atoms with van der Waals surface area (Å²) < 4.78 is 27.8. The number of amides is 2. The molecule has 4 fully saturated rings. The molecule has 0 aromatic heterocycles. The Kier molecular flexibility index (Phi) is 9.79. The van der Waals surface area contributed by atoms with Crippen LogP contribution >= 0.6 is 0 Å². The Labute approximate surface area is 280 Å². The lowest BCUT2D eigenvalue weighted by Gasteiger charge is -2.57. The van der Waals surface area contributed by atoms with E-state index in [0.717, 1.165) is 47.1 Å². The third-order valence-corrected chi connectivity index (χ3v) is 11.9. The van der Waals surface area contributed by atoms with E-state index in [0.29, 0.717) is 18.7 Å². The van der Waals surface area contributed by atoms with Crippen molar-refractivity contribution >= 4 is 27.5 Å². The summed E-state index contributed by atoms with van der Waals surface area (Å²) in [4.78, 5) is 29.7. The van der Waals surface area contributed by atoms with Crippen molar-refractivity contribution in [2.24, 2.45) is 17.8 Å². The number of nitrogens with zero attached hydrogens (tertiary/aromatic N) is 2. The summed E-state index contributed by atoms with van der Waals surface area (Å²) in [5.74, 6) is 1.76. The minimum atomic E-state index is -3.82. The summed E-state index contributed by atoms with van der Waals surface area (Å²) in [5, 5.41) is 2.99. The first-order chi connectivity index (χ1) is 22.5. The van der Waals surface area contributed by atoms with Crippen LogP contribution in [0.15, 0.2) is 78.9 Å². The molecular formula is C39H49N3O4S. The fourth-order valence-corrected chi connectivity index (χ4v) is 9.72. The van der Waals surface area contributed by atoms with Crippen LogP contribution in [0.1, 0.15) is 74.1 Å². The topological polar surface area (TPSA) is 86.8 Å². The van der Waals surface area contributed by atoms with Gasteiger partial charge in [0.15, 0.2) is 0 Å². The lowest BCUT2D eigenvalue weighted by Crippen LogP contribution is -2.53. The number of carbonyl (C=O) groups excluding carboxylic acids is 2. The van der Waals surface area contributed by atoms with Crippen molar-refractivity contribution in [2.75, 3.05) is 23.7 Å². The molecule has 1 N–H and O–H groups in total. The molecule has 47 heavy (non-hydrogen) atoms. The highest BCUT2D eigenvalue weighted by molar-refractivity contribution is 7.92. The van der Waals surface area contributed by atoms with E-state index in [1.54, 1.807) is 4.90 Å². The predicted molar refractivity (Wildman–Crippen MR) is 187 cm³/mol. The Morgan fingerprint density at radius 2 is 1.45 bits per heavy atom. The smallest absolute Gasteiger partial charge is 0.244 e. The molecule has 0 radical (unpaired) electrons. The molecular weight excluding hydrogens is 607 g/mol. The van der Waals surface area contributed by atoms with Gasteiger partial charge in [-0.1, -0.05) is 79.2 Å². The van der Waals surface area contributed by atoms with Gasteiger partial charge in [-0.2, -0.15) is 0 Å².